The Morgan fingerprint density at radius 3 is 2.32 bits per heavy atom. The van der Waals surface area contributed by atoms with Gasteiger partial charge in [0.05, 0.1) is 12.8 Å². The fourth-order valence-electron chi connectivity index (χ4n) is 2.10. The van der Waals surface area contributed by atoms with Crippen LogP contribution in [0, 0.1) is 0 Å². The summed E-state index contributed by atoms with van der Waals surface area (Å²) in [5.41, 5.74) is 3.72. The van der Waals surface area contributed by atoms with Gasteiger partial charge in [-0.3, -0.25) is 0 Å². The summed E-state index contributed by atoms with van der Waals surface area (Å²) in [6.45, 7) is 3.02. The van der Waals surface area contributed by atoms with Gasteiger partial charge in [0.15, 0.2) is 0 Å². The summed E-state index contributed by atoms with van der Waals surface area (Å²) in [5.74, 6) is 0.880. The lowest BCUT2D eigenvalue weighted by atomic mass is 10.1. The molecule has 0 aliphatic rings. The van der Waals surface area contributed by atoms with Gasteiger partial charge in [-0.25, -0.2) is 0 Å². The van der Waals surface area contributed by atoms with Crippen LogP contribution in [-0.4, -0.2) is 7.11 Å². The summed E-state index contributed by atoms with van der Waals surface area (Å²) < 4.78 is 5.32. The second-order valence-corrected chi connectivity index (χ2v) is 4.62. The van der Waals surface area contributed by atoms with E-state index in [9.17, 15) is 0 Å². The van der Waals surface area contributed by atoms with E-state index in [0.717, 1.165) is 24.4 Å². The van der Waals surface area contributed by atoms with Crippen LogP contribution in [0.4, 0.5) is 5.69 Å². The van der Waals surface area contributed by atoms with E-state index in [1.165, 1.54) is 17.5 Å². The molecule has 0 saturated heterocycles. The topological polar surface area (TPSA) is 21.3 Å². The summed E-state index contributed by atoms with van der Waals surface area (Å²) in [6, 6.07) is 16.8. The molecule has 1 N–H and O–H groups in total. The van der Waals surface area contributed by atoms with Crippen molar-refractivity contribution < 1.29 is 4.74 Å². The quantitative estimate of drug-likeness (QED) is 0.832. The zero-order valence-corrected chi connectivity index (χ0v) is 11.6. The normalized spacial score (nSPS) is 10.2. The minimum absolute atomic E-state index is 0.812. The van der Waals surface area contributed by atoms with E-state index in [-0.39, 0.29) is 0 Å². The Balaban J connectivity index is 1.98. The highest BCUT2D eigenvalue weighted by atomic mass is 16.5. The van der Waals surface area contributed by atoms with Gasteiger partial charge in [-0.05, 0) is 29.7 Å². The van der Waals surface area contributed by atoms with E-state index in [0.29, 0.717) is 0 Å². The molecule has 0 spiro atoms. The molecule has 0 saturated carbocycles. The van der Waals surface area contributed by atoms with Crippen LogP contribution < -0.4 is 10.1 Å². The second kappa shape index (κ2) is 6.83. The molecule has 0 aliphatic carbocycles. The molecule has 19 heavy (non-hydrogen) atoms. The Hall–Kier alpha value is -1.96. The number of hydrogen-bond donors (Lipinski definition) is 1. The zero-order chi connectivity index (χ0) is 13.5. The van der Waals surface area contributed by atoms with E-state index in [1.54, 1.807) is 7.11 Å². The van der Waals surface area contributed by atoms with E-state index in [1.807, 2.05) is 24.3 Å². The van der Waals surface area contributed by atoms with Crippen LogP contribution in [0.5, 0.6) is 5.75 Å². The van der Waals surface area contributed by atoms with Gasteiger partial charge in [0.1, 0.15) is 5.75 Å². The van der Waals surface area contributed by atoms with Gasteiger partial charge in [0, 0.05) is 6.54 Å². The molecular formula is C17H21NO. The Bertz CT molecular complexity index is 505. The average Bonchev–Trinajstić information content (AvgIpc) is 2.47. The van der Waals surface area contributed by atoms with Crippen molar-refractivity contribution in [3.63, 3.8) is 0 Å². The molecule has 2 rings (SSSR count). The van der Waals surface area contributed by atoms with Crippen LogP contribution in [0.15, 0.2) is 48.5 Å². The molecule has 0 bridgehead atoms. The first-order valence-corrected chi connectivity index (χ1v) is 6.78. The molecule has 100 valence electrons. The van der Waals surface area contributed by atoms with Crippen LogP contribution in [-0.2, 0) is 13.0 Å². The van der Waals surface area contributed by atoms with E-state index in [4.69, 9.17) is 4.74 Å². The molecule has 0 heterocycles. The smallest absolute Gasteiger partial charge is 0.141 e. The predicted molar refractivity (Wildman–Crippen MR) is 80.8 cm³/mol. The molecule has 2 aromatic rings. The van der Waals surface area contributed by atoms with Crippen LogP contribution in [0.3, 0.4) is 0 Å². The maximum atomic E-state index is 5.32. The summed E-state index contributed by atoms with van der Waals surface area (Å²) in [6.07, 6.45) is 2.35. The Labute approximate surface area is 115 Å². The lowest BCUT2D eigenvalue weighted by molar-refractivity contribution is 0.416. The van der Waals surface area contributed by atoms with Gasteiger partial charge in [-0.2, -0.15) is 0 Å². The van der Waals surface area contributed by atoms with Crippen molar-refractivity contribution in [2.45, 2.75) is 26.3 Å². The number of ether oxygens (including phenoxy) is 1. The van der Waals surface area contributed by atoms with Gasteiger partial charge in [0.25, 0.3) is 0 Å². The minimum Gasteiger partial charge on any atom is -0.495 e. The Morgan fingerprint density at radius 2 is 1.63 bits per heavy atom. The number of rotatable bonds is 6. The predicted octanol–water partition coefficient (Wildman–Crippen LogP) is 4.26. The highest BCUT2D eigenvalue weighted by Gasteiger charge is 2.00. The van der Waals surface area contributed by atoms with Gasteiger partial charge in [0.2, 0.25) is 0 Å². The van der Waals surface area contributed by atoms with Gasteiger partial charge in [-0.1, -0.05) is 49.7 Å². The van der Waals surface area contributed by atoms with E-state index < -0.39 is 0 Å². The third-order valence-corrected chi connectivity index (χ3v) is 3.15. The van der Waals surface area contributed by atoms with Crippen molar-refractivity contribution in [2.75, 3.05) is 12.4 Å². The van der Waals surface area contributed by atoms with Crippen molar-refractivity contribution in [1.29, 1.82) is 0 Å². The van der Waals surface area contributed by atoms with Gasteiger partial charge < -0.3 is 10.1 Å². The first-order valence-electron chi connectivity index (χ1n) is 6.78. The van der Waals surface area contributed by atoms with Crippen LogP contribution in [0.25, 0.3) is 0 Å². The number of anilines is 1. The van der Waals surface area contributed by atoms with Crippen molar-refractivity contribution in [3.8, 4) is 5.75 Å². The third-order valence-electron chi connectivity index (χ3n) is 3.15. The molecule has 0 unspecified atom stereocenters. The van der Waals surface area contributed by atoms with Crippen LogP contribution >= 0.6 is 0 Å². The maximum Gasteiger partial charge on any atom is 0.141 e. The number of nitrogens with one attached hydrogen (secondary N) is 1. The molecule has 2 aromatic carbocycles. The van der Waals surface area contributed by atoms with Crippen LogP contribution in [0.2, 0.25) is 0 Å². The highest BCUT2D eigenvalue weighted by molar-refractivity contribution is 5.56. The second-order valence-electron chi connectivity index (χ2n) is 4.62. The van der Waals surface area contributed by atoms with Crippen LogP contribution in [0.1, 0.15) is 24.5 Å². The summed E-state index contributed by atoms with van der Waals surface area (Å²) in [7, 11) is 1.69. The molecule has 0 amide bonds. The monoisotopic (exact) mass is 255 g/mol. The maximum absolute atomic E-state index is 5.32. The number of benzene rings is 2. The number of methoxy groups -OCH3 is 1. The molecule has 0 aliphatic heterocycles. The Kier molecular flexibility index (Phi) is 4.85. The van der Waals surface area contributed by atoms with Gasteiger partial charge >= 0.3 is 0 Å². The molecular weight excluding hydrogens is 234 g/mol. The minimum atomic E-state index is 0.812. The largest absolute Gasteiger partial charge is 0.495 e. The molecule has 0 radical (unpaired) electrons. The van der Waals surface area contributed by atoms with Crippen molar-refractivity contribution >= 4 is 5.69 Å². The highest BCUT2D eigenvalue weighted by Crippen LogP contribution is 2.23. The SMILES string of the molecule is CCCc1ccc(CNc2ccccc2OC)cc1. The van der Waals surface area contributed by atoms with E-state index in [2.05, 4.69) is 36.5 Å². The first kappa shape index (κ1) is 13.5. The van der Waals surface area contributed by atoms with Crippen molar-refractivity contribution in [3.05, 3.63) is 59.7 Å². The fourth-order valence-corrected chi connectivity index (χ4v) is 2.10. The number of hydrogen-bond acceptors (Lipinski definition) is 2. The third kappa shape index (κ3) is 3.75. The fraction of sp³-hybridized carbons (Fsp3) is 0.294. The summed E-state index contributed by atoms with van der Waals surface area (Å²) in [4.78, 5) is 0. The molecule has 0 aromatic heterocycles. The average molecular weight is 255 g/mol. The molecule has 0 atom stereocenters. The molecule has 2 nitrogen and oxygen atoms in total. The summed E-state index contributed by atoms with van der Waals surface area (Å²) >= 11 is 0. The Morgan fingerprint density at radius 1 is 0.947 bits per heavy atom. The number of aryl methyl sites for hydroxylation is 1. The zero-order valence-electron chi connectivity index (χ0n) is 11.6. The van der Waals surface area contributed by atoms with Crippen molar-refractivity contribution in [2.24, 2.45) is 0 Å². The molecule has 0 fully saturated rings. The van der Waals surface area contributed by atoms with Crippen molar-refractivity contribution in [1.82, 2.24) is 0 Å². The summed E-state index contributed by atoms with van der Waals surface area (Å²) in [5, 5.41) is 3.41. The van der Waals surface area contributed by atoms with Gasteiger partial charge in [-0.15, -0.1) is 0 Å². The lowest BCUT2D eigenvalue weighted by Crippen LogP contribution is -2.01. The standard InChI is InChI=1S/C17H21NO/c1-3-6-14-9-11-15(12-10-14)13-18-16-7-4-5-8-17(16)19-2/h4-5,7-12,18H,3,6,13H2,1-2H3. The first-order chi connectivity index (χ1) is 9.33. The lowest BCUT2D eigenvalue weighted by Gasteiger charge is -2.11. The molecule has 2 heteroatoms. The van der Waals surface area contributed by atoms with E-state index >= 15 is 0 Å². The number of para-hydroxylation sites is 2.